The maximum atomic E-state index is 2.41. The van der Waals surface area contributed by atoms with Crippen molar-refractivity contribution in [3.63, 3.8) is 0 Å². The highest BCUT2D eigenvalue weighted by molar-refractivity contribution is 4.96. The Bertz CT molecular complexity index is 160. The average Bonchev–Trinajstić information content (AvgIpc) is 2.60. The van der Waals surface area contributed by atoms with Gasteiger partial charge in [-0.1, -0.05) is 35.1 Å². The van der Waals surface area contributed by atoms with Gasteiger partial charge in [0.15, 0.2) is 0 Å². The van der Waals surface area contributed by atoms with Crippen LogP contribution in [-0.4, -0.2) is 0 Å². The summed E-state index contributed by atoms with van der Waals surface area (Å²) in [7, 11) is 0. The van der Waals surface area contributed by atoms with Crippen LogP contribution in [0.2, 0.25) is 0 Å². The molecule has 0 saturated heterocycles. The predicted octanol–water partition coefficient (Wildman–Crippen LogP) is 4.60. The molecule has 0 heteroatoms. The lowest BCUT2D eigenvalue weighted by Gasteiger charge is -2.32. The molecule has 84 valence electrons. The van der Waals surface area contributed by atoms with E-state index in [1.165, 1.54) is 0 Å². The van der Waals surface area contributed by atoms with Crippen molar-refractivity contribution >= 4 is 0 Å². The minimum atomic E-state index is 0. The van der Waals surface area contributed by atoms with Gasteiger partial charge in [0.25, 0.3) is 0 Å². The molecule has 0 amide bonds. The lowest BCUT2D eigenvalue weighted by molar-refractivity contribution is 0.175. The Kier molecular flexibility index (Phi) is 3.66. The summed E-state index contributed by atoms with van der Waals surface area (Å²) in [5, 5.41) is 0. The fourth-order valence-electron chi connectivity index (χ4n) is 4.00. The highest BCUT2D eigenvalue weighted by Crippen LogP contribution is 2.55. The lowest BCUT2D eigenvalue weighted by Crippen LogP contribution is -2.24. The van der Waals surface area contributed by atoms with Crippen LogP contribution >= 0.6 is 0 Å². The van der Waals surface area contributed by atoms with Crippen LogP contribution in [0.4, 0.5) is 0 Å². The van der Waals surface area contributed by atoms with E-state index in [-0.39, 0.29) is 7.43 Å². The third-order valence-corrected chi connectivity index (χ3v) is 4.68. The molecule has 2 bridgehead atoms. The molecule has 0 heterocycles. The average molecular weight is 196 g/mol. The quantitative estimate of drug-likeness (QED) is 0.605. The number of hydrogen-bond acceptors (Lipinski definition) is 0. The summed E-state index contributed by atoms with van der Waals surface area (Å²) >= 11 is 0. The molecule has 0 aromatic heterocycles. The summed E-state index contributed by atoms with van der Waals surface area (Å²) < 4.78 is 0. The van der Waals surface area contributed by atoms with E-state index in [9.17, 15) is 0 Å². The molecule has 2 fully saturated rings. The van der Waals surface area contributed by atoms with Crippen molar-refractivity contribution in [3.05, 3.63) is 0 Å². The SMILES string of the molecule is C.CC(C)C1CC2CC1CC2C(C)C. The largest absolute Gasteiger partial charge is 0.0776 e. The summed E-state index contributed by atoms with van der Waals surface area (Å²) in [6.45, 7) is 9.65. The van der Waals surface area contributed by atoms with Crippen molar-refractivity contribution in [2.24, 2.45) is 35.5 Å². The van der Waals surface area contributed by atoms with Gasteiger partial charge in [0.05, 0.1) is 0 Å². The summed E-state index contributed by atoms with van der Waals surface area (Å²) in [6.07, 6.45) is 4.65. The molecule has 2 saturated carbocycles. The van der Waals surface area contributed by atoms with Crippen LogP contribution < -0.4 is 0 Å². The molecule has 0 nitrogen and oxygen atoms in total. The van der Waals surface area contributed by atoms with Crippen LogP contribution in [0.3, 0.4) is 0 Å². The molecule has 2 rings (SSSR count). The van der Waals surface area contributed by atoms with E-state index >= 15 is 0 Å². The summed E-state index contributed by atoms with van der Waals surface area (Å²) in [5.41, 5.74) is 0. The van der Waals surface area contributed by atoms with Crippen LogP contribution in [0.25, 0.3) is 0 Å². The molecule has 14 heavy (non-hydrogen) atoms. The lowest BCUT2D eigenvalue weighted by atomic mass is 9.73. The van der Waals surface area contributed by atoms with Crippen LogP contribution in [0.15, 0.2) is 0 Å². The first-order chi connectivity index (χ1) is 6.09. The molecular weight excluding hydrogens is 168 g/mol. The second-order valence-electron chi connectivity index (χ2n) is 6.04. The first-order valence-electron chi connectivity index (χ1n) is 6.09. The van der Waals surface area contributed by atoms with Gasteiger partial charge in [0.1, 0.15) is 0 Å². The maximum absolute atomic E-state index is 2.41. The van der Waals surface area contributed by atoms with Gasteiger partial charge in [0, 0.05) is 0 Å². The molecule has 0 aromatic rings. The Hall–Kier alpha value is 0. The predicted molar refractivity (Wildman–Crippen MR) is 64.2 cm³/mol. The van der Waals surface area contributed by atoms with Crippen molar-refractivity contribution < 1.29 is 0 Å². The number of fused-ring (bicyclic) bond motifs is 2. The van der Waals surface area contributed by atoms with Gasteiger partial charge in [-0.25, -0.2) is 0 Å². The summed E-state index contributed by atoms with van der Waals surface area (Å²) in [6, 6.07) is 0. The van der Waals surface area contributed by atoms with Crippen molar-refractivity contribution in [2.45, 2.75) is 54.4 Å². The molecule has 2 aliphatic rings. The Balaban J connectivity index is 0.000000980. The molecule has 0 spiro atoms. The second-order valence-corrected chi connectivity index (χ2v) is 6.04. The summed E-state index contributed by atoms with van der Waals surface area (Å²) in [4.78, 5) is 0. The standard InChI is InChI=1S/C13H24.CH4/c1-8(2)12-6-11-5-10(12)7-13(11)9(3)4;/h8-13H,5-7H2,1-4H3;1H4. The number of rotatable bonds is 2. The van der Waals surface area contributed by atoms with Crippen molar-refractivity contribution in [2.75, 3.05) is 0 Å². The third kappa shape index (κ3) is 1.85. The first-order valence-corrected chi connectivity index (χ1v) is 6.09. The normalized spacial score (nSPS) is 40.7. The Morgan fingerprint density at radius 2 is 1.07 bits per heavy atom. The molecule has 4 atom stereocenters. The zero-order valence-corrected chi connectivity index (χ0v) is 9.59. The minimum absolute atomic E-state index is 0. The van der Waals surface area contributed by atoms with E-state index in [0.29, 0.717) is 0 Å². The van der Waals surface area contributed by atoms with Gasteiger partial charge >= 0.3 is 0 Å². The van der Waals surface area contributed by atoms with Crippen LogP contribution in [0.5, 0.6) is 0 Å². The topological polar surface area (TPSA) is 0 Å². The van der Waals surface area contributed by atoms with E-state index < -0.39 is 0 Å². The molecule has 0 aromatic carbocycles. The van der Waals surface area contributed by atoms with Crippen molar-refractivity contribution in [1.29, 1.82) is 0 Å². The molecule has 0 aliphatic heterocycles. The maximum Gasteiger partial charge on any atom is -0.0360 e. The molecule has 0 radical (unpaired) electrons. The van der Waals surface area contributed by atoms with Gasteiger partial charge in [-0.15, -0.1) is 0 Å². The molecule has 0 N–H and O–H groups in total. The van der Waals surface area contributed by atoms with Crippen molar-refractivity contribution in [3.8, 4) is 0 Å². The van der Waals surface area contributed by atoms with Gasteiger partial charge < -0.3 is 0 Å². The Labute approximate surface area is 90.5 Å². The highest BCUT2D eigenvalue weighted by Gasteiger charge is 2.46. The van der Waals surface area contributed by atoms with Gasteiger partial charge in [0.2, 0.25) is 0 Å². The molecule has 4 unspecified atom stereocenters. The van der Waals surface area contributed by atoms with E-state index in [1.807, 2.05) is 0 Å². The molecular formula is C14H28. The smallest absolute Gasteiger partial charge is 0.0360 e. The monoisotopic (exact) mass is 196 g/mol. The van der Waals surface area contributed by atoms with E-state index in [0.717, 1.165) is 35.5 Å². The van der Waals surface area contributed by atoms with E-state index in [4.69, 9.17) is 0 Å². The van der Waals surface area contributed by atoms with Crippen LogP contribution in [0.1, 0.15) is 54.4 Å². The zero-order valence-electron chi connectivity index (χ0n) is 9.59. The van der Waals surface area contributed by atoms with Crippen LogP contribution in [-0.2, 0) is 0 Å². The Morgan fingerprint density at radius 3 is 1.29 bits per heavy atom. The van der Waals surface area contributed by atoms with Crippen molar-refractivity contribution in [1.82, 2.24) is 0 Å². The van der Waals surface area contributed by atoms with E-state index in [1.54, 1.807) is 19.3 Å². The zero-order chi connectivity index (χ0) is 9.59. The minimum Gasteiger partial charge on any atom is -0.0776 e. The Morgan fingerprint density at radius 1 is 0.714 bits per heavy atom. The van der Waals surface area contributed by atoms with Gasteiger partial charge in [-0.2, -0.15) is 0 Å². The fraction of sp³-hybridized carbons (Fsp3) is 1.00. The summed E-state index contributed by atoms with van der Waals surface area (Å²) in [5.74, 6) is 6.20. The second kappa shape index (κ2) is 4.24. The van der Waals surface area contributed by atoms with Crippen LogP contribution in [0, 0.1) is 35.5 Å². The van der Waals surface area contributed by atoms with Gasteiger partial charge in [-0.05, 0) is 54.8 Å². The third-order valence-electron chi connectivity index (χ3n) is 4.68. The number of hydrogen-bond donors (Lipinski definition) is 0. The van der Waals surface area contributed by atoms with E-state index in [2.05, 4.69) is 27.7 Å². The molecule has 2 aliphatic carbocycles. The highest BCUT2D eigenvalue weighted by atomic mass is 14.5. The first kappa shape index (κ1) is 12.1. The van der Waals surface area contributed by atoms with Gasteiger partial charge in [-0.3, -0.25) is 0 Å². The fourth-order valence-corrected chi connectivity index (χ4v) is 4.00.